The van der Waals surface area contributed by atoms with E-state index in [1.165, 1.54) is 0 Å². The third-order valence-electron chi connectivity index (χ3n) is 3.67. The summed E-state index contributed by atoms with van der Waals surface area (Å²) in [5.41, 5.74) is 6.70. The van der Waals surface area contributed by atoms with Crippen LogP contribution in [0.4, 0.5) is 0 Å². The van der Waals surface area contributed by atoms with Crippen LogP contribution in [0.2, 0.25) is 5.02 Å². The highest BCUT2D eigenvalue weighted by atomic mass is 35.5. The number of halogens is 1. The molecule has 5 nitrogen and oxygen atoms in total. The molecule has 0 fully saturated rings. The summed E-state index contributed by atoms with van der Waals surface area (Å²) in [6, 6.07) is 8.94. The third kappa shape index (κ3) is 3.11. The number of hydrogen-bond acceptors (Lipinski definition) is 4. The smallest absolute Gasteiger partial charge is 0.267 e. The maximum atomic E-state index is 13.0. The molecule has 0 unspecified atom stereocenters. The van der Waals surface area contributed by atoms with Gasteiger partial charge in [-0.25, -0.2) is 4.98 Å². The molecule has 0 aliphatic heterocycles. The fraction of sp³-hybridized carbons (Fsp3) is 0.235. The van der Waals surface area contributed by atoms with Gasteiger partial charge in [-0.3, -0.25) is 14.3 Å². The molecule has 118 valence electrons. The van der Waals surface area contributed by atoms with Crippen LogP contribution in [0.3, 0.4) is 0 Å². The first-order valence-electron chi connectivity index (χ1n) is 7.53. The Kier molecular flexibility index (Phi) is 4.69. The lowest BCUT2D eigenvalue weighted by Crippen LogP contribution is -2.24. The quantitative estimate of drug-likeness (QED) is 0.731. The molecule has 3 rings (SSSR count). The lowest BCUT2D eigenvalue weighted by Gasteiger charge is -2.13. The van der Waals surface area contributed by atoms with E-state index in [4.69, 9.17) is 17.3 Å². The molecule has 0 amide bonds. The van der Waals surface area contributed by atoms with Gasteiger partial charge < -0.3 is 5.73 Å². The molecular weight excluding hydrogens is 312 g/mol. The van der Waals surface area contributed by atoms with Crippen LogP contribution in [-0.2, 0) is 6.42 Å². The predicted octanol–water partition coefficient (Wildman–Crippen LogP) is 2.72. The maximum Gasteiger partial charge on any atom is 0.267 e. The van der Waals surface area contributed by atoms with Gasteiger partial charge in [0, 0.05) is 12.6 Å². The van der Waals surface area contributed by atoms with E-state index in [2.05, 4.69) is 9.97 Å². The minimum atomic E-state index is -0.170. The molecule has 2 aromatic heterocycles. The van der Waals surface area contributed by atoms with E-state index in [9.17, 15) is 4.79 Å². The topological polar surface area (TPSA) is 73.8 Å². The third-order valence-corrected chi connectivity index (χ3v) is 3.99. The molecule has 0 aliphatic carbocycles. The van der Waals surface area contributed by atoms with Crippen molar-refractivity contribution in [3.05, 3.63) is 63.9 Å². The molecule has 2 N–H and O–H groups in total. The van der Waals surface area contributed by atoms with E-state index in [1.807, 2.05) is 12.1 Å². The van der Waals surface area contributed by atoms with Gasteiger partial charge in [-0.2, -0.15) is 0 Å². The first-order chi connectivity index (χ1) is 11.2. The number of benzene rings is 1. The van der Waals surface area contributed by atoms with E-state index in [1.54, 1.807) is 35.2 Å². The number of aryl methyl sites for hydroxylation is 1. The van der Waals surface area contributed by atoms with Crippen LogP contribution in [0.15, 0.2) is 47.5 Å². The van der Waals surface area contributed by atoms with E-state index < -0.39 is 0 Å². The first kappa shape index (κ1) is 15.6. The number of hydrogen-bond donors (Lipinski definition) is 1. The van der Waals surface area contributed by atoms with E-state index in [-0.39, 0.29) is 5.56 Å². The molecule has 0 saturated carbocycles. The highest BCUT2D eigenvalue weighted by Crippen LogP contribution is 2.20. The summed E-state index contributed by atoms with van der Waals surface area (Å²) >= 11 is 6.22. The number of unbranched alkanes of at least 4 members (excludes halogenated alkanes) is 1. The van der Waals surface area contributed by atoms with Crippen molar-refractivity contribution in [2.45, 2.75) is 19.3 Å². The van der Waals surface area contributed by atoms with Gasteiger partial charge in [-0.05, 0) is 43.7 Å². The highest BCUT2D eigenvalue weighted by Gasteiger charge is 2.14. The molecule has 0 saturated heterocycles. The molecule has 0 radical (unpaired) electrons. The number of nitrogens with zero attached hydrogens (tertiary/aromatic N) is 3. The monoisotopic (exact) mass is 328 g/mol. The Hall–Kier alpha value is -2.24. The second-order valence-electron chi connectivity index (χ2n) is 5.26. The summed E-state index contributed by atoms with van der Waals surface area (Å²) in [7, 11) is 0. The SMILES string of the molecule is NCCCCc1nc2cccc(Cl)c2c(=O)n1-c1cccnc1. The summed E-state index contributed by atoms with van der Waals surface area (Å²) in [5, 5.41) is 0.840. The van der Waals surface area contributed by atoms with Crippen LogP contribution in [-0.4, -0.2) is 21.1 Å². The van der Waals surface area contributed by atoms with Crippen LogP contribution in [0.1, 0.15) is 18.7 Å². The average molecular weight is 329 g/mol. The second-order valence-corrected chi connectivity index (χ2v) is 5.67. The number of aromatic nitrogens is 3. The maximum absolute atomic E-state index is 13.0. The minimum absolute atomic E-state index is 0.170. The van der Waals surface area contributed by atoms with Crippen LogP contribution in [0.25, 0.3) is 16.6 Å². The highest BCUT2D eigenvalue weighted by molar-refractivity contribution is 6.35. The van der Waals surface area contributed by atoms with Crippen molar-refractivity contribution in [2.75, 3.05) is 6.54 Å². The zero-order valence-corrected chi connectivity index (χ0v) is 13.3. The second kappa shape index (κ2) is 6.89. The molecule has 6 heteroatoms. The van der Waals surface area contributed by atoms with E-state index in [0.717, 1.165) is 12.8 Å². The van der Waals surface area contributed by atoms with Crippen molar-refractivity contribution in [3.8, 4) is 5.69 Å². The van der Waals surface area contributed by atoms with Crippen LogP contribution in [0.5, 0.6) is 0 Å². The van der Waals surface area contributed by atoms with Crippen molar-refractivity contribution >= 4 is 22.5 Å². The van der Waals surface area contributed by atoms with Gasteiger partial charge in [0.15, 0.2) is 0 Å². The molecule has 0 atom stereocenters. The predicted molar refractivity (Wildman–Crippen MR) is 92.1 cm³/mol. The van der Waals surface area contributed by atoms with E-state index in [0.29, 0.717) is 40.4 Å². The Labute approximate surface area is 138 Å². The number of pyridine rings is 1. The molecule has 2 heterocycles. The largest absolute Gasteiger partial charge is 0.330 e. The molecule has 1 aromatic carbocycles. The Morgan fingerprint density at radius 2 is 2.04 bits per heavy atom. The van der Waals surface area contributed by atoms with Gasteiger partial charge in [0.05, 0.1) is 27.8 Å². The summed E-state index contributed by atoms with van der Waals surface area (Å²) in [5.74, 6) is 0.700. The zero-order valence-electron chi connectivity index (χ0n) is 12.6. The Morgan fingerprint density at radius 3 is 2.78 bits per heavy atom. The molecule has 0 aliphatic rings. The Balaban J connectivity index is 2.25. The molecule has 0 spiro atoms. The zero-order chi connectivity index (χ0) is 16.2. The van der Waals surface area contributed by atoms with Crippen molar-refractivity contribution in [2.24, 2.45) is 5.73 Å². The Morgan fingerprint density at radius 1 is 1.17 bits per heavy atom. The van der Waals surface area contributed by atoms with Gasteiger partial charge in [-0.1, -0.05) is 17.7 Å². The van der Waals surface area contributed by atoms with E-state index >= 15 is 0 Å². The molecule has 3 aromatic rings. The lowest BCUT2D eigenvalue weighted by atomic mass is 10.2. The molecule has 23 heavy (non-hydrogen) atoms. The van der Waals surface area contributed by atoms with Gasteiger partial charge in [0.25, 0.3) is 5.56 Å². The normalized spacial score (nSPS) is 11.0. The number of nitrogens with two attached hydrogens (primary N) is 1. The molecular formula is C17H17ClN4O. The van der Waals surface area contributed by atoms with Crippen molar-refractivity contribution < 1.29 is 0 Å². The van der Waals surface area contributed by atoms with Gasteiger partial charge in [-0.15, -0.1) is 0 Å². The minimum Gasteiger partial charge on any atom is -0.330 e. The number of fused-ring (bicyclic) bond motifs is 1. The summed E-state index contributed by atoms with van der Waals surface area (Å²) in [4.78, 5) is 21.7. The first-order valence-corrected chi connectivity index (χ1v) is 7.91. The summed E-state index contributed by atoms with van der Waals surface area (Å²) in [6.45, 7) is 0.622. The van der Waals surface area contributed by atoms with Crippen molar-refractivity contribution in [1.29, 1.82) is 0 Å². The van der Waals surface area contributed by atoms with Crippen LogP contribution < -0.4 is 11.3 Å². The van der Waals surface area contributed by atoms with Gasteiger partial charge in [0.1, 0.15) is 5.82 Å². The van der Waals surface area contributed by atoms with Crippen molar-refractivity contribution in [3.63, 3.8) is 0 Å². The average Bonchev–Trinajstić information content (AvgIpc) is 2.56. The summed E-state index contributed by atoms with van der Waals surface area (Å²) in [6.07, 6.45) is 5.75. The van der Waals surface area contributed by atoms with Crippen LogP contribution >= 0.6 is 11.6 Å². The van der Waals surface area contributed by atoms with Gasteiger partial charge in [0.2, 0.25) is 0 Å². The fourth-order valence-electron chi connectivity index (χ4n) is 2.58. The van der Waals surface area contributed by atoms with Crippen LogP contribution in [0, 0.1) is 0 Å². The number of rotatable bonds is 5. The standard InChI is InChI=1S/C17H17ClN4O/c18-13-6-3-7-14-16(13)17(23)22(12-5-4-10-20-11-12)15(21-14)8-1-2-9-19/h3-7,10-11H,1-2,8-9,19H2. The lowest BCUT2D eigenvalue weighted by molar-refractivity contribution is 0.693. The summed E-state index contributed by atoms with van der Waals surface area (Å²) < 4.78 is 1.59. The van der Waals surface area contributed by atoms with Gasteiger partial charge >= 0.3 is 0 Å². The van der Waals surface area contributed by atoms with Crippen molar-refractivity contribution in [1.82, 2.24) is 14.5 Å². The Bertz CT molecular complexity index is 877. The molecule has 0 bridgehead atoms. The fourth-order valence-corrected chi connectivity index (χ4v) is 2.83.